The first kappa shape index (κ1) is 17.7. The molecule has 3 heteroatoms. The Morgan fingerprint density at radius 2 is 1.91 bits per heavy atom. The van der Waals surface area contributed by atoms with Crippen LogP contribution in [0.5, 0.6) is 0 Å². The molecule has 2 saturated heterocycles. The molecular formula is C19H32O3. The van der Waals surface area contributed by atoms with E-state index in [1.165, 1.54) is 12.8 Å². The van der Waals surface area contributed by atoms with Crippen LogP contribution in [-0.2, 0) is 4.74 Å². The highest BCUT2D eigenvalue weighted by molar-refractivity contribution is 4.99. The van der Waals surface area contributed by atoms with Gasteiger partial charge in [0.05, 0.1) is 18.3 Å². The van der Waals surface area contributed by atoms with Crippen LogP contribution in [0.15, 0.2) is 24.8 Å². The van der Waals surface area contributed by atoms with E-state index in [0.717, 1.165) is 38.5 Å². The lowest BCUT2D eigenvalue weighted by atomic mass is 9.75. The lowest BCUT2D eigenvalue weighted by molar-refractivity contribution is 0.0838. The first-order valence-electron chi connectivity index (χ1n) is 8.96. The number of hydrogen-bond acceptors (Lipinski definition) is 3. The zero-order chi connectivity index (χ0) is 15.8. The standard InChI is InChI=1S/C19H32O3/c1-2-8-15(21)10-11-17-16(18-12-13-19(17)22-18)9-6-4-3-5-7-14-20/h2,4,6,15-21H,1,3,5,7-14H2/b6-4-/t15?,16-,17+,18-,19+/m0/s1. The lowest BCUT2D eigenvalue weighted by Gasteiger charge is -2.27. The predicted molar refractivity (Wildman–Crippen MR) is 89.6 cm³/mol. The molecule has 0 aromatic carbocycles. The zero-order valence-electron chi connectivity index (χ0n) is 13.7. The van der Waals surface area contributed by atoms with Gasteiger partial charge in [-0.2, -0.15) is 0 Å². The van der Waals surface area contributed by atoms with Crippen LogP contribution in [0.1, 0.15) is 57.8 Å². The van der Waals surface area contributed by atoms with Crippen LogP contribution >= 0.6 is 0 Å². The van der Waals surface area contributed by atoms with Crippen LogP contribution in [0.2, 0.25) is 0 Å². The van der Waals surface area contributed by atoms with E-state index in [1.54, 1.807) is 6.08 Å². The number of aliphatic hydroxyl groups is 2. The largest absolute Gasteiger partial charge is 0.396 e. The molecule has 0 saturated carbocycles. The van der Waals surface area contributed by atoms with Crippen LogP contribution in [0.3, 0.4) is 0 Å². The molecule has 2 heterocycles. The minimum atomic E-state index is -0.244. The van der Waals surface area contributed by atoms with E-state index in [1.807, 2.05) is 0 Å². The van der Waals surface area contributed by atoms with Crippen molar-refractivity contribution in [2.24, 2.45) is 11.8 Å². The second kappa shape index (κ2) is 9.49. The molecule has 0 aliphatic carbocycles. The lowest BCUT2D eigenvalue weighted by Crippen LogP contribution is -2.27. The SMILES string of the molecule is C=CCC(O)CC[C@@H]1[C@H](C/C=C\CCCCO)[C@@H]2CC[C@H]1O2. The Morgan fingerprint density at radius 1 is 1.14 bits per heavy atom. The fraction of sp³-hybridized carbons (Fsp3) is 0.789. The Balaban J connectivity index is 1.76. The van der Waals surface area contributed by atoms with E-state index in [2.05, 4.69) is 18.7 Å². The van der Waals surface area contributed by atoms with Crippen LogP contribution in [0.4, 0.5) is 0 Å². The van der Waals surface area contributed by atoms with Gasteiger partial charge in [-0.05, 0) is 69.6 Å². The summed E-state index contributed by atoms with van der Waals surface area (Å²) in [6, 6.07) is 0. The molecule has 126 valence electrons. The molecule has 0 aromatic heterocycles. The average Bonchev–Trinajstić information content (AvgIpc) is 3.10. The van der Waals surface area contributed by atoms with Gasteiger partial charge >= 0.3 is 0 Å². The minimum absolute atomic E-state index is 0.244. The van der Waals surface area contributed by atoms with Crippen LogP contribution < -0.4 is 0 Å². The number of unbranched alkanes of at least 4 members (excludes halogenated alkanes) is 2. The van der Waals surface area contributed by atoms with Gasteiger partial charge in [-0.15, -0.1) is 6.58 Å². The summed E-state index contributed by atoms with van der Waals surface area (Å²) in [6.07, 6.45) is 16.1. The molecule has 0 aromatic rings. The quantitative estimate of drug-likeness (QED) is 0.453. The number of rotatable bonds is 11. The van der Waals surface area contributed by atoms with Gasteiger partial charge in [-0.25, -0.2) is 0 Å². The summed E-state index contributed by atoms with van der Waals surface area (Å²) in [5.41, 5.74) is 0. The van der Waals surface area contributed by atoms with E-state index >= 15 is 0 Å². The second-order valence-electron chi connectivity index (χ2n) is 6.80. The summed E-state index contributed by atoms with van der Waals surface area (Å²) in [6.45, 7) is 3.99. The van der Waals surface area contributed by atoms with Crippen molar-refractivity contribution in [2.75, 3.05) is 6.61 Å². The van der Waals surface area contributed by atoms with E-state index in [0.29, 0.717) is 37.1 Å². The molecule has 1 unspecified atom stereocenters. The van der Waals surface area contributed by atoms with Crippen molar-refractivity contribution in [3.63, 3.8) is 0 Å². The van der Waals surface area contributed by atoms with Crippen molar-refractivity contribution in [1.29, 1.82) is 0 Å². The van der Waals surface area contributed by atoms with E-state index in [-0.39, 0.29) is 6.10 Å². The number of aliphatic hydroxyl groups excluding tert-OH is 2. The smallest absolute Gasteiger partial charge is 0.0614 e. The van der Waals surface area contributed by atoms with Gasteiger partial charge in [0.1, 0.15) is 0 Å². The molecule has 2 aliphatic rings. The van der Waals surface area contributed by atoms with E-state index < -0.39 is 0 Å². The molecule has 0 spiro atoms. The molecule has 22 heavy (non-hydrogen) atoms. The van der Waals surface area contributed by atoms with Gasteiger partial charge in [-0.3, -0.25) is 0 Å². The third-order valence-electron chi connectivity index (χ3n) is 5.22. The summed E-state index contributed by atoms with van der Waals surface area (Å²) in [4.78, 5) is 0. The summed E-state index contributed by atoms with van der Waals surface area (Å²) < 4.78 is 6.12. The predicted octanol–water partition coefficient (Wildman–Crippen LogP) is 3.61. The van der Waals surface area contributed by atoms with Crippen molar-refractivity contribution >= 4 is 0 Å². The maximum absolute atomic E-state index is 9.92. The van der Waals surface area contributed by atoms with Crippen molar-refractivity contribution in [3.8, 4) is 0 Å². The Hall–Kier alpha value is -0.640. The summed E-state index contributed by atoms with van der Waals surface area (Å²) in [7, 11) is 0. The molecule has 2 bridgehead atoms. The number of allylic oxidation sites excluding steroid dienone is 2. The minimum Gasteiger partial charge on any atom is -0.396 e. The Morgan fingerprint density at radius 3 is 2.64 bits per heavy atom. The third kappa shape index (κ3) is 4.94. The summed E-state index contributed by atoms with van der Waals surface area (Å²) >= 11 is 0. The number of fused-ring (bicyclic) bond motifs is 2. The van der Waals surface area contributed by atoms with Gasteiger partial charge < -0.3 is 14.9 Å². The molecule has 0 amide bonds. The molecule has 3 nitrogen and oxygen atoms in total. The van der Waals surface area contributed by atoms with Crippen LogP contribution in [0, 0.1) is 11.8 Å². The fourth-order valence-electron chi connectivity index (χ4n) is 4.04. The normalized spacial score (nSPS) is 31.9. The Bertz CT molecular complexity index is 353. The third-order valence-corrected chi connectivity index (χ3v) is 5.22. The Kier molecular flexibility index (Phi) is 7.64. The highest BCUT2D eigenvalue weighted by Gasteiger charge is 2.47. The van der Waals surface area contributed by atoms with Crippen molar-refractivity contribution in [1.82, 2.24) is 0 Å². The van der Waals surface area contributed by atoms with Gasteiger partial charge in [0, 0.05) is 6.61 Å². The summed E-state index contributed by atoms with van der Waals surface area (Å²) in [5.74, 6) is 1.24. The highest BCUT2D eigenvalue weighted by atomic mass is 16.5. The van der Waals surface area contributed by atoms with Gasteiger partial charge in [0.15, 0.2) is 0 Å². The second-order valence-corrected chi connectivity index (χ2v) is 6.80. The molecule has 5 atom stereocenters. The molecule has 0 radical (unpaired) electrons. The van der Waals surface area contributed by atoms with Crippen LogP contribution in [-0.4, -0.2) is 35.1 Å². The molecule has 2 N–H and O–H groups in total. The topological polar surface area (TPSA) is 49.7 Å². The highest BCUT2D eigenvalue weighted by Crippen LogP contribution is 2.47. The fourth-order valence-corrected chi connectivity index (χ4v) is 4.04. The number of ether oxygens (including phenoxy) is 1. The molecule has 2 fully saturated rings. The van der Waals surface area contributed by atoms with E-state index in [9.17, 15) is 5.11 Å². The van der Waals surface area contributed by atoms with Gasteiger partial charge in [0.25, 0.3) is 0 Å². The molecular weight excluding hydrogens is 276 g/mol. The van der Waals surface area contributed by atoms with Gasteiger partial charge in [-0.1, -0.05) is 18.2 Å². The van der Waals surface area contributed by atoms with Crippen molar-refractivity contribution in [3.05, 3.63) is 24.8 Å². The summed E-state index contributed by atoms with van der Waals surface area (Å²) in [5, 5.41) is 18.7. The molecule has 2 aliphatic heterocycles. The first-order valence-corrected chi connectivity index (χ1v) is 8.96. The van der Waals surface area contributed by atoms with Crippen molar-refractivity contribution in [2.45, 2.75) is 76.1 Å². The van der Waals surface area contributed by atoms with Gasteiger partial charge in [0.2, 0.25) is 0 Å². The maximum atomic E-state index is 9.92. The maximum Gasteiger partial charge on any atom is 0.0614 e. The molecule has 2 rings (SSSR count). The number of hydrogen-bond donors (Lipinski definition) is 2. The van der Waals surface area contributed by atoms with E-state index in [4.69, 9.17) is 9.84 Å². The van der Waals surface area contributed by atoms with Crippen molar-refractivity contribution < 1.29 is 14.9 Å². The first-order chi connectivity index (χ1) is 10.8. The zero-order valence-corrected chi connectivity index (χ0v) is 13.7. The van der Waals surface area contributed by atoms with Crippen LogP contribution in [0.25, 0.3) is 0 Å². The monoisotopic (exact) mass is 308 g/mol. The average molecular weight is 308 g/mol. The Labute approximate surface area is 135 Å².